The lowest BCUT2D eigenvalue weighted by Crippen LogP contribution is -2.43. The Hall–Kier alpha value is -0.610. The Kier molecular flexibility index (Phi) is 5.77. The molecule has 0 radical (unpaired) electrons. The molecule has 4 nitrogen and oxygen atoms in total. The first kappa shape index (κ1) is 13.5. The quantitative estimate of drug-likeness (QED) is 0.715. The lowest BCUT2D eigenvalue weighted by molar-refractivity contribution is -0.144. The maximum atomic E-state index is 11.3. The molecule has 0 spiro atoms. The number of ether oxygens (including phenoxy) is 1. The molecule has 2 atom stereocenters. The van der Waals surface area contributed by atoms with Crippen LogP contribution in [0.15, 0.2) is 0 Å². The molecule has 0 aromatic carbocycles. The van der Waals surface area contributed by atoms with Crippen LogP contribution in [0.5, 0.6) is 0 Å². The normalized spacial score (nSPS) is 24.1. The molecule has 1 N–H and O–H groups in total. The highest BCUT2D eigenvalue weighted by Crippen LogP contribution is 2.19. The van der Waals surface area contributed by atoms with Gasteiger partial charge < -0.3 is 9.84 Å². The molecule has 0 aromatic heterocycles. The van der Waals surface area contributed by atoms with Gasteiger partial charge in [0, 0.05) is 19.2 Å². The van der Waals surface area contributed by atoms with Crippen LogP contribution in [-0.2, 0) is 9.53 Å². The fourth-order valence-corrected chi connectivity index (χ4v) is 2.24. The third-order valence-electron chi connectivity index (χ3n) is 3.20. The molecule has 1 rings (SSSR count). The Morgan fingerprint density at radius 1 is 1.62 bits per heavy atom. The highest BCUT2D eigenvalue weighted by molar-refractivity contribution is 5.70. The standard InChI is InChI=1S/C12H23NO3/c1-3-16-12(15)7-10(2)13-6-4-5-11(8-13)9-14/h10-11,14H,3-9H2,1-2H3. The summed E-state index contributed by atoms with van der Waals surface area (Å²) in [5.74, 6) is 0.250. The number of nitrogens with zero attached hydrogens (tertiary/aromatic N) is 1. The maximum absolute atomic E-state index is 11.3. The smallest absolute Gasteiger partial charge is 0.307 e. The highest BCUT2D eigenvalue weighted by Gasteiger charge is 2.24. The molecule has 0 bridgehead atoms. The number of aliphatic hydroxyl groups is 1. The van der Waals surface area contributed by atoms with Gasteiger partial charge in [-0.2, -0.15) is 0 Å². The monoisotopic (exact) mass is 229 g/mol. The van der Waals surface area contributed by atoms with E-state index >= 15 is 0 Å². The van der Waals surface area contributed by atoms with Gasteiger partial charge in [0.05, 0.1) is 13.0 Å². The Balaban J connectivity index is 2.34. The van der Waals surface area contributed by atoms with Crippen LogP contribution >= 0.6 is 0 Å². The number of hydrogen-bond acceptors (Lipinski definition) is 4. The van der Waals surface area contributed by atoms with Gasteiger partial charge >= 0.3 is 5.97 Å². The number of esters is 1. The van der Waals surface area contributed by atoms with Gasteiger partial charge in [-0.15, -0.1) is 0 Å². The molecule has 16 heavy (non-hydrogen) atoms. The van der Waals surface area contributed by atoms with E-state index in [0.717, 1.165) is 25.9 Å². The number of piperidine rings is 1. The van der Waals surface area contributed by atoms with E-state index in [1.165, 1.54) is 0 Å². The van der Waals surface area contributed by atoms with Gasteiger partial charge in [-0.05, 0) is 39.2 Å². The van der Waals surface area contributed by atoms with Crippen LogP contribution in [0.3, 0.4) is 0 Å². The molecule has 1 saturated heterocycles. The number of carbonyl (C=O) groups excluding carboxylic acids is 1. The summed E-state index contributed by atoms with van der Waals surface area (Å²) in [5, 5.41) is 9.14. The first-order chi connectivity index (χ1) is 7.67. The summed E-state index contributed by atoms with van der Waals surface area (Å²) in [6.45, 7) is 6.50. The minimum absolute atomic E-state index is 0.124. The Morgan fingerprint density at radius 3 is 3.00 bits per heavy atom. The third-order valence-corrected chi connectivity index (χ3v) is 3.20. The van der Waals surface area contributed by atoms with E-state index in [1.54, 1.807) is 0 Å². The summed E-state index contributed by atoms with van der Waals surface area (Å²) in [4.78, 5) is 13.6. The van der Waals surface area contributed by atoms with Crippen molar-refractivity contribution < 1.29 is 14.6 Å². The minimum atomic E-state index is -0.124. The van der Waals surface area contributed by atoms with Gasteiger partial charge in [0.15, 0.2) is 0 Å². The van der Waals surface area contributed by atoms with Crippen molar-refractivity contribution in [3.05, 3.63) is 0 Å². The second kappa shape index (κ2) is 6.86. The first-order valence-corrected chi connectivity index (χ1v) is 6.17. The summed E-state index contributed by atoms with van der Waals surface area (Å²) in [6, 6.07) is 0.216. The van der Waals surface area contributed by atoms with Gasteiger partial charge in [0.25, 0.3) is 0 Å². The van der Waals surface area contributed by atoms with E-state index in [-0.39, 0.29) is 18.6 Å². The average Bonchev–Trinajstić information content (AvgIpc) is 2.29. The van der Waals surface area contributed by atoms with E-state index in [1.807, 2.05) is 6.92 Å². The number of hydrogen-bond donors (Lipinski definition) is 1. The van der Waals surface area contributed by atoms with Gasteiger partial charge in [-0.1, -0.05) is 0 Å². The molecule has 1 heterocycles. The molecule has 1 fully saturated rings. The molecule has 94 valence electrons. The number of likely N-dealkylation sites (tertiary alicyclic amines) is 1. The largest absolute Gasteiger partial charge is 0.466 e. The third kappa shape index (κ3) is 4.10. The molecule has 4 heteroatoms. The zero-order valence-corrected chi connectivity index (χ0v) is 10.3. The van der Waals surface area contributed by atoms with Crippen molar-refractivity contribution in [2.24, 2.45) is 5.92 Å². The molecule has 1 aliphatic heterocycles. The van der Waals surface area contributed by atoms with Crippen molar-refractivity contribution >= 4 is 5.97 Å². The Bertz CT molecular complexity index is 220. The fraction of sp³-hybridized carbons (Fsp3) is 0.917. The van der Waals surface area contributed by atoms with E-state index in [9.17, 15) is 4.79 Å². The topological polar surface area (TPSA) is 49.8 Å². The van der Waals surface area contributed by atoms with Crippen molar-refractivity contribution in [2.45, 2.75) is 39.2 Å². The number of aliphatic hydroxyl groups excluding tert-OH is 1. The van der Waals surface area contributed by atoms with Gasteiger partial charge in [0.1, 0.15) is 0 Å². The van der Waals surface area contributed by atoms with E-state index in [4.69, 9.17) is 9.84 Å². The molecular formula is C12H23NO3. The van der Waals surface area contributed by atoms with E-state index < -0.39 is 0 Å². The number of rotatable bonds is 5. The Morgan fingerprint density at radius 2 is 2.38 bits per heavy atom. The summed E-state index contributed by atoms with van der Waals surface area (Å²) in [7, 11) is 0. The van der Waals surface area contributed by atoms with E-state index in [2.05, 4.69) is 11.8 Å². The van der Waals surface area contributed by atoms with Crippen LogP contribution in [0.2, 0.25) is 0 Å². The molecule has 0 saturated carbocycles. The molecule has 1 aliphatic rings. The lowest BCUT2D eigenvalue weighted by Gasteiger charge is -2.35. The highest BCUT2D eigenvalue weighted by atomic mass is 16.5. The second-order valence-corrected chi connectivity index (χ2v) is 4.54. The average molecular weight is 229 g/mol. The molecule has 0 aromatic rings. The van der Waals surface area contributed by atoms with E-state index in [0.29, 0.717) is 18.9 Å². The van der Waals surface area contributed by atoms with Crippen LogP contribution in [0.25, 0.3) is 0 Å². The molecular weight excluding hydrogens is 206 g/mol. The molecule has 0 aliphatic carbocycles. The van der Waals surface area contributed by atoms with Gasteiger partial charge in [-0.3, -0.25) is 9.69 Å². The van der Waals surface area contributed by atoms with Crippen LogP contribution in [-0.4, -0.2) is 48.3 Å². The first-order valence-electron chi connectivity index (χ1n) is 6.17. The summed E-state index contributed by atoms with van der Waals surface area (Å²) in [6.07, 6.45) is 2.66. The molecule has 2 unspecified atom stereocenters. The van der Waals surface area contributed by atoms with Crippen LogP contribution in [0, 0.1) is 5.92 Å². The summed E-state index contributed by atoms with van der Waals surface area (Å²) < 4.78 is 4.94. The van der Waals surface area contributed by atoms with Crippen LogP contribution in [0.1, 0.15) is 33.1 Å². The fourth-order valence-electron chi connectivity index (χ4n) is 2.24. The summed E-state index contributed by atoms with van der Waals surface area (Å²) in [5.41, 5.74) is 0. The Labute approximate surface area is 97.6 Å². The lowest BCUT2D eigenvalue weighted by atomic mass is 9.97. The maximum Gasteiger partial charge on any atom is 0.307 e. The predicted octanol–water partition coefficient (Wildman–Crippen LogP) is 1.03. The van der Waals surface area contributed by atoms with Crippen molar-refractivity contribution in [3.63, 3.8) is 0 Å². The zero-order chi connectivity index (χ0) is 12.0. The molecule has 0 amide bonds. The number of carbonyl (C=O) groups is 1. The van der Waals surface area contributed by atoms with Gasteiger partial charge in [0.2, 0.25) is 0 Å². The predicted molar refractivity (Wildman–Crippen MR) is 62.1 cm³/mol. The van der Waals surface area contributed by atoms with Crippen molar-refractivity contribution in [3.8, 4) is 0 Å². The van der Waals surface area contributed by atoms with Gasteiger partial charge in [-0.25, -0.2) is 0 Å². The second-order valence-electron chi connectivity index (χ2n) is 4.54. The zero-order valence-electron chi connectivity index (χ0n) is 10.3. The minimum Gasteiger partial charge on any atom is -0.466 e. The SMILES string of the molecule is CCOC(=O)CC(C)N1CCCC(CO)C1. The van der Waals surface area contributed by atoms with Crippen LogP contribution in [0.4, 0.5) is 0 Å². The van der Waals surface area contributed by atoms with Crippen molar-refractivity contribution in [1.82, 2.24) is 4.90 Å². The van der Waals surface area contributed by atoms with Crippen molar-refractivity contribution in [2.75, 3.05) is 26.3 Å². The summed E-state index contributed by atoms with van der Waals surface area (Å²) >= 11 is 0. The van der Waals surface area contributed by atoms with Crippen LogP contribution < -0.4 is 0 Å². The van der Waals surface area contributed by atoms with Crippen molar-refractivity contribution in [1.29, 1.82) is 0 Å².